The predicted molar refractivity (Wildman–Crippen MR) is 64.9 cm³/mol. The van der Waals surface area contributed by atoms with Crippen molar-refractivity contribution >= 4 is 11.8 Å². The molecule has 0 heterocycles. The summed E-state index contributed by atoms with van der Waals surface area (Å²) in [6.07, 6.45) is 3.11. The summed E-state index contributed by atoms with van der Waals surface area (Å²) in [7, 11) is 0. The summed E-state index contributed by atoms with van der Waals surface area (Å²) in [5.74, 6) is -0.159. The van der Waals surface area contributed by atoms with Gasteiger partial charge in [0.05, 0.1) is 0 Å². The van der Waals surface area contributed by atoms with Crippen LogP contribution in [0.3, 0.4) is 0 Å². The summed E-state index contributed by atoms with van der Waals surface area (Å²) >= 11 is 1.66. The molecule has 0 saturated heterocycles. The van der Waals surface area contributed by atoms with Crippen molar-refractivity contribution in [2.24, 2.45) is 0 Å². The third kappa shape index (κ3) is 3.50. The minimum Gasteiger partial charge on any atom is -0.310 e. The average Bonchev–Trinajstić information content (AvgIpc) is 2.25. The Morgan fingerprint density at radius 1 is 1.47 bits per heavy atom. The van der Waals surface area contributed by atoms with Gasteiger partial charge in [-0.15, -0.1) is 11.8 Å². The number of benzene rings is 1. The highest BCUT2D eigenvalue weighted by molar-refractivity contribution is 7.98. The molecule has 0 radical (unpaired) electrons. The molecule has 0 aliphatic heterocycles. The zero-order valence-electron chi connectivity index (χ0n) is 9.51. The van der Waals surface area contributed by atoms with E-state index in [-0.39, 0.29) is 11.9 Å². The van der Waals surface area contributed by atoms with Crippen molar-refractivity contribution in [1.29, 1.82) is 0 Å². The van der Waals surface area contributed by atoms with Crippen LogP contribution in [0.25, 0.3) is 0 Å². The van der Waals surface area contributed by atoms with Crippen molar-refractivity contribution in [2.75, 3.05) is 12.8 Å². The number of rotatable bonds is 5. The molecule has 1 N–H and O–H groups in total. The molecular formula is C12H18FNS. The summed E-state index contributed by atoms with van der Waals surface area (Å²) in [6.45, 7) is 5.16. The zero-order chi connectivity index (χ0) is 11.3. The molecule has 0 aromatic heterocycles. The van der Waals surface area contributed by atoms with Gasteiger partial charge in [0.2, 0.25) is 0 Å². The summed E-state index contributed by atoms with van der Waals surface area (Å²) < 4.78 is 13.1. The maximum atomic E-state index is 13.1. The van der Waals surface area contributed by atoms with E-state index < -0.39 is 0 Å². The van der Waals surface area contributed by atoms with Gasteiger partial charge in [-0.05, 0) is 49.9 Å². The van der Waals surface area contributed by atoms with Gasteiger partial charge in [0, 0.05) is 10.9 Å². The van der Waals surface area contributed by atoms with Crippen LogP contribution < -0.4 is 5.32 Å². The molecule has 1 aromatic carbocycles. The fourth-order valence-corrected chi connectivity index (χ4v) is 2.19. The summed E-state index contributed by atoms with van der Waals surface area (Å²) in [5, 5.41) is 3.37. The van der Waals surface area contributed by atoms with Crippen LogP contribution >= 0.6 is 11.8 Å². The first-order valence-electron chi connectivity index (χ1n) is 5.25. The van der Waals surface area contributed by atoms with Crippen LogP contribution in [0.5, 0.6) is 0 Å². The predicted octanol–water partition coefficient (Wildman–Crippen LogP) is 3.61. The number of hydrogen-bond acceptors (Lipinski definition) is 2. The van der Waals surface area contributed by atoms with Crippen LogP contribution in [0.1, 0.15) is 31.9 Å². The third-order valence-corrected chi connectivity index (χ3v) is 3.17. The summed E-state index contributed by atoms with van der Waals surface area (Å²) in [5.41, 5.74) is 1.05. The Kier molecular flexibility index (Phi) is 5.12. The topological polar surface area (TPSA) is 12.0 Å². The Morgan fingerprint density at radius 2 is 2.20 bits per heavy atom. The molecule has 1 aromatic rings. The molecule has 0 bridgehead atoms. The summed E-state index contributed by atoms with van der Waals surface area (Å²) in [6, 6.07) is 5.20. The maximum absolute atomic E-state index is 13.1. The second kappa shape index (κ2) is 6.13. The van der Waals surface area contributed by atoms with Crippen LogP contribution in [-0.2, 0) is 0 Å². The third-order valence-electron chi connectivity index (χ3n) is 2.36. The van der Waals surface area contributed by atoms with Crippen LogP contribution in [0.15, 0.2) is 23.1 Å². The van der Waals surface area contributed by atoms with Gasteiger partial charge in [0.15, 0.2) is 0 Å². The molecule has 15 heavy (non-hydrogen) atoms. The highest BCUT2D eigenvalue weighted by Crippen LogP contribution is 2.26. The van der Waals surface area contributed by atoms with Crippen LogP contribution in [0, 0.1) is 5.82 Å². The Morgan fingerprint density at radius 3 is 2.80 bits per heavy atom. The van der Waals surface area contributed by atoms with Crippen molar-refractivity contribution < 1.29 is 4.39 Å². The van der Waals surface area contributed by atoms with E-state index in [4.69, 9.17) is 0 Å². The minimum absolute atomic E-state index is 0.159. The molecule has 1 atom stereocenters. The molecule has 1 unspecified atom stereocenters. The van der Waals surface area contributed by atoms with E-state index in [1.807, 2.05) is 12.3 Å². The van der Waals surface area contributed by atoms with Crippen molar-refractivity contribution in [3.8, 4) is 0 Å². The Labute approximate surface area is 95.5 Å². The van der Waals surface area contributed by atoms with Gasteiger partial charge in [0.25, 0.3) is 0 Å². The smallest absolute Gasteiger partial charge is 0.123 e. The van der Waals surface area contributed by atoms with E-state index in [1.54, 1.807) is 17.8 Å². The van der Waals surface area contributed by atoms with Gasteiger partial charge in [-0.25, -0.2) is 4.39 Å². The van der Waals surface area contributed by atoms with Crippen molar-refractivity contribution in [2.45, 2.75) is 31.2 Å². The van der Waals surface area contributed by atoms with E-state index >= 15 is 0 Å². The lowest BCUT2D eigenvalue weighted by atomic mass is 10.1. The second-order valence-electron chi connectivity index (χ2n) is 3.56. The monoisotopic (exact) mass is 227 g/mol. The molecule has 0 saturated carbocycles. The summed E-state index contributed by atoms with van der Waals surface area (Å²) in [4.78, 5) is 1.15. The standard InChI is InChI=1S/C12H18FNS/c1-4-7-14-9(2)11-8-10(13)5-6-12(11)15-3/h5-6,8-9,14H,4,7H2,1-3H3. The molecule has 1 nitrogen and oxygen atoms in total. The first-order chi connectivity index (χ1) is 7.19. The van der Waals surface area contributed by atoms with Gasteiger partial charge < -0.3 is 5.32 Å². The average molecular weight is 227 g/mol. The first-order valence-corrected chi connectivity index (χ1v) is 6.48. The fraction of sp³-hybridized carbons (Fsp3) is 0.500. The highest BCUT2D eigenvalue weighted by atomic mass is 32.2. The fourth-order valence-electron chi connectivity index (χ4n) is 1.51. The van der Waals surface area contributed by atoms with Crippen LogP contribution in [0.4, 0.5) is 4.39 Å². The number of nitrogens with one attached hydrogen (secondary N) is 1. The van der Waals surface area contributed by atoms with Gasteiger partial charge in [-0.2, -0.15) is 0 Å². The minimum atomic E-state index is -0.159. The Balaban J connectivity index is 2.85. The van der Waals surface area contributed by atoms with Gasteiger partial charge in [0.1, 0.15) is 5.82 Å². The van der Waals surface area contributed by atoms with E-state index in [0.717, 1.165) is 23.4 Å². The molecule has 84 valence electrons. The lowest BCUT2D eigenvalue weighted by Crippen LogP contribution is -2.19. The first kappa shape index (κ1) is 12.5. The molecule has 0 spiro atoms. The molecular weight excluding hydrogens is 209 g/mol. The molecule has 0 fully saturated rings. The Bertz CT molecular complexity index is 314. The zero-order valence-corrected chi connectivity index (χ0v) is 10.3. The normalized spacial score (nSPS) is 12.8. The van der Waals surface area contributed by atoms with Gasteiger partial charge in [-0.3, -0.25) is 0 Å². The van der Waals surface area contributed by atoms with E-state index in [1.165, 1.54) is 6.07 Å². The van der Waals surface area contributed by atoms with Crippen LogP contribution in [-0.4, -0.2) is 12.8 Å². The quantitative estimate of drug-likeness (QED) is 0.771. The van der Waals surface area contributed by atoms with Crippen LogP contribution in [0.2, 0.25) is 0 Å². The van der Waals surface area contributed by atoms with Crippen molar-refractivity contribution in [3.63, 3.8) is 0 Å². The highest BCUT2D eigenvalue weighted by Gasteiger charge is 2.10. The largest absolute Gasteiger partial charge is 0.310 e. The lowest BCUT2D eigenvalue weighted by molar-refractivity contribution is 0.554. The molecule has 0 amide bonds. The second-order valence-corrected chi connectivity index (χ2v) is 4.41. The van der Waals surface area contributed by atoms with Gasteiger partial charge >= 0.3 is 0 Å². The number of thioether (sulfide) groups is 1. The molecule has 1 rings (SSSR count). The molecule has 0 aliphatic rings. The van der Waals surface area contributed by atoms with Crippen molar-refractivity contribution in [3.05, 3.63) is 29.6 Å². The SMILES string of the molecule is CCCNC(C)c1cc(F)ccc1SC. The van der Waals surface area contributed by atoms with E-state index in [2.05, 4.69) is 19.2 Å². The Hall–Kier alpha value is -0.540. The van der Waals surface area contributed by atoms with Gasteiger partial charge in [-0.1, -0.05) is 6.92 Å². The van der Waals surface area contributed by atoms with E-state index in [9.17, 15) is 4.39 Å². The number of hydrogen-bond donors (Lipinski definition) is 1. The number of halogens is 1. The molecule has 3 heteroatoms. The lowest BCUT2D eigenvalue weighted by Gasteiger charge is -2.16. The molecule has 0 aliphatic carbocycles. The van der Waals surface area contributed by atoms with Crippen molar-refractivity contribution in [1.82, 2.24) is 5.32 Å². The van der Waals surface area contributed by atoms with E-state index in [0.29, 0.717) is 0 Å². The maximum Gasteiger partial charge on any atom is 0.123 e.